The van der Waals surface area contributed by atoms with E-state index in [9.17, 15) is 13.5 Å². The Bertz CT molecular complexity index is 1220. The maximum atomic E-state index is 13.0. The standard InChI is InChI=1S/C23H24BrN3O4S2/c1-31-16-8-6-15(7-9-16)21(28)14-26-23-19(24)12-17(13-25-23)33(29,30)27-20-10-11-32-22-5-3-2-4-18(20)22/h2-9,12-13,20-21,27-28H,10-11,14H2,1H3,(H,25,26)/t20?,21-/m0/s1. The molecule has 3 N–H and O–H groups in total. The molecule has 7 nitrogen and oxygen atoms in total. The van der Waals surface area contributed by atoms with Crippen LogP contribution in [0.2, 0.25) is 0 Å². The van der Waals surface area contributed by atoms with Gasteiger partial charge in [0.2, 0.25) is 10.0 Å². The molecule has 0 spiro atoms. The second kappa shape index (κ2) is 10.4. The van der Waals surface area contributed by atoms with Crippen LogP contribution >= 0.6 is 27.7 Å². The van der Waals surface area contributed by atoms with Crippen LogP contribution in [-0.2, 0) is 10.0 Å². The van der Waals surface area contributed by atoms with Crippen molar-refractivity contribution in [2.24, 2.45) is 0 Å². The highest BCUT2D eigenvalue weighted by molar-refractivity contribution is 9.10. The van der Waals surface area contributed by atoms with Crippen LogP contribution in [0.25, 0.3) is 0 Å². The summed E-state index contributed by atoms with van der Waals surface area (Å²) < 4.78 is 34.5. The summed E-state index contributed by atoms with van der Waals surface area (Å²) in [6.45, 7) is 0.207. The predicted molar refractivity (Wildman–Crippen MR) is 133 cm³/mol. The number of nitrogens with one attached hydrogen (secondary N) is 2. The monoisotopic (exact) mass is 549 g/mol. The zero-order valence-corrected chi connectivity index (χ0v) is 21.1. The van der Waals surface area contributed by atoms with E-state index in [4.69, 9.17) is 4.74 Å². The third-order valence-corrected chi connectivity index (χ3v) is 8.51. The Balaban J connectivity index is 1.43. The van der Waals surface area contributed by atoms with Crippen molar-refractivity contribution in [3.8, 4) is 5.75 Å². The summed E-state index contributed by atoms with van der Waals surface area (Å²) in [6.07, 6.45) is 1.27. The number of anilines is 1. The number of aliphatic hydroxyl groups excluding tert-OH is 1. The Labute approximate surface area is 206 Å². The zero-order chi connectivity index (χ0) is 23.4. The molecular weight excluding hydrogens is 526 g/mol. The molecule has 10 heteroatoms. The molecule has 0 saturated heterocycles. The Morgan fingerprint density at radius 1 is 1.24 bits per heavy atom. The number of sulfonamides is 1. The van der Waals surface area contributed by atoms with Gasteiger partial charge in [0.15, 0.2) is 0 Å². The quantitative estimate of drug-likeness (QED) is 0.380. The number of nitrogens with zero attached hydrogens (tertiary/aromatic N) is 1. The van der Waals surface area contributed by atoms with E-state index in [1.807, 2.05) is 24.3 Å². The molecule has 0 saturated carbocycles. The molecule has 33 heavy (non-hydrogen) atoms. The summed E-state index contributed by atoms with van der Waals surface area (Å²) in [6, 6.07) is 16.2. The van der Waals surface area contributed by atoms with Crippen molar-refractivity contribution in [3.63, 3.8) is 0 Å². The number of aliphatic hydroxyl groups is 1. The first kappa shape index (κ1) is 24.0. The summed E-state index contributed by atoms with van der Waals surface area (Å²) in [5.41, 5.74) is 1.73. The number of pyridine rings is 1. The number of ether oxygens (including phenoxy) is 1. The van der Waals surface area contributed by atoms with Gasteiger partial charge in [0.05, 0.1) is 17.7 Å². The van der Waals surface area contributed by atoms with Gasteiger partial charge in [-0.05, 0) is 63.5 Å². The lowest BCUT2D eigenvalue weighted by molar-refractivity contribution is 0.191. The fourth-order valence-electron chi connectivity index (χ4n) is 3.55. The van der Waals surface area contributed by atoms with Gasteiger partial charge >= 0.3 is 0 Å². The molecule has 174 valence electrons. The topological polar surface area (TPSA) is 101 Å². The summed E-state index contributed by atoms with van der Waals surface area (Å²) >= 11 is 5.13. The number of thioether (sulfide) groups is 1. The van der Waals surface area contributed by atoms with E-state index in [0.717, 1.165) is 28.2 Å². The number of hydrogen-bond donors (Lipinski definition) is 3. The minimum absolute atomic E-state index is 0.0753. The second-order valence-electron chi connectivity index (χ2n) is 7.52. The average molecular weight is 551 g/mol. The van der Waals surface area contributed by atoms with Crippen LogP contribution in [0.4, 0.5) is 5.82 Å². The fraction of sp³-hybridized carbons (Fsp3) is 0.261. The van der Waals surface area contributed by atoms with Gasteiger partial charge in [-0.15, -0.1) is 11.8 Å². The number of halogens is 1. The van der Waals surface area contributed by atoms with Crippen molar-refractivity contribution in [1.82, 2.24) is 9.71 Å². The largest absolute Gasteiger partial charge is 0.497 e. The maximum Gasteiger partial charge on any atom is 0.242 e. The number of aromatic nitrogens is 1. The van der Waals surface area contributed by atoms with Crippen LogP contribution in [0.15, 0.2) is 75.1 Å². The molecule has 0 fully saturated rings. The average Bonchev–Trinajstić information content (AvgIpc) is 2.83. The van der Waals surface area contributed by atoms with Crippen LogP contribution in [-0.4, -0.2) is 37.9 Å². The van der Waals surface area contributed by atoms with Gasteiger partial charge in [-0.25, -0.2) is 18.1 Å². The van der Waals surface area contributed by atoms with Crippen molar-refractivity contribution in [1.29, 1.82) is 0 Å². The van der Waals surface area contributed by atoms with E-state index in [-0.39, 0.29) is 17.5 Å². The van der Waals surface area contributed by atoms with Crippen molar-refractivity contribution in [3.05, 3.63) is 76.4 Å². The molecular formula is C23H24BrN3O4S2. The van der Waals surface area contributed by atoms with Crippen molar-refractivity contribution in [2.75, 3.05) is 24.7 Å². The molecule has 0 radical (unpaired) electrons. The Morgan fingerprint density at radius 3 is 2.73 bits per heavy atom. The van der Waals surface area contributed by atoms with E-state index in [1.54, 1.807) is 43.1 Å². The van der Waals surface area contributed by atoms with Gasteiger partial charge in [0, 0.05) is 23.7 Å². The third kappa shape index (κ3) is 5.70. The van der Waals surface area contributed by atoms with Crippen LogP contribution in [0.3, 0.4) is 0 Å². The van der Waals surface area contributed by atoms with Crippen molar-refractivity contribution >= 4 is 43.5 Å². The molecule has 2 heterocycles. The van der Waals surface area contributed by atoms with Gasteiger partial charge in [-0.3, -0.25) is 0 Å². The number of methoxy groups -OCH3 is 1. The van der Waals surface area contributed by atoms with E-state index in [0.29, 0.717) is 16.0 Å². The van der Waals surface area contributed by atoms with Crippen LogP contribution in [0.1, 0.15) is 29.7 Å². The lowest BCUT2D eigenvalue weighted by Crippen LogP contribution is -2.30. The minimum Gasteiger partial charge on any atom is -0.497 e. The first-order valence-electron chi connectivity index (χ1n) is 10.3. The number of benzene rings is 2. The van der Waals surface area contributed by atoms with Crippen LogP contribution in [0.5, 0.6) is 5.75 Å². The number of hydrogen-bond acceptors (Lipinski definition) is 7. The smallest absolute Gasteiger partial charge is 0.242 e. The highest BCUT2D eigenvalue weighted by Crippen LogP contribution is 2.36. The SMILES string of the molecule is COc1ccc([C@@H](O)CNc2ncc(S(=O)(=O)NC3CCSc4ccccc43)cc2Br)cc1. The summed E-state index contributed by atoms with van der Waals surface area (Å²) in [5.74, 6) is 2.01. The number of fused-ring (bicyclic) bond motifs is 1. The minimum atomic E-state index is -3.76. The summed E-state index contributed by atoms with van der Waals surface area (Å²) in [5, 5.41) is 13.5. The van der Waals surface area contributed by atoms with Gasteiger partial charge in [0.1, 0.15) is 16.5 Å². The highest BCUT2D eigenvalue weighted by atomic mass is 79.9. The number of rotatable bonds is 8. The molecule has 0 aliphatic carbocycles. The molecule has 1 aliphatic heterocycles. The van der Waals surface area contributed by atoms with Gasteiger partial charge in [-0.2, -0.15) is 0 Å². The molecule has 4 rings (SSSR count). The Morgan fingerprint density at radius 2 is 2.00 bits per heavy atom. The zero-order valence-electron chi connectivity index (χ0n) is 17.9. The fourth-order valence-corrected chi connectivity index (χ4v) is 6.54. The molecule has 2 atom stereocenters. The van der Waals surface area contributed by atoms with Crippen molar-refractivity contribution in [2.45, 2.75) is 28.4 Å². The first-order valence-corrected chi connectivity index (χ1v) is 13.6. The van der Waals surface area contributed by atoms with Gasteiger partial charge in [-0.1, -0.05) is 30.3 Å². The molecule has 3 aromatic rings. The molecule has 0 amide bonds. The highest BCUT2D eigenvalue weighted by Gasteiger charge is 2.26. The lowest BCUT2D eigenvalue weighted by atomic mass is 10.1. The van der Waals surface area contributed by atoms with E-state index < -0.39 is 16.1 Å². The van der Waals surface area contributed by atoms with E-state index in [1.165, 1.54) is 12.3 Å². The third-order valence-electron chi connectivity index (χ3n) is 5.35. The molecule has 1 unspecified atom stereocenters. The first-order chi connectivity index (χ1) is 15.9. The Hall–Kier alpha value is -2.11. The lowest BCUT2D eigenvalue weighted by Gasteiger charge is -2.25. The normalized spacial score (nSPS) is 16.6. The van der Waals surface area contributed by atoms with Crippen LogP contribution < -0.4 is 14.8 Å². The van der Waals surface area contributed by atoms with Gasteiger partial charge < -0.3 is 15.2 Å². The second-order valence-corrected chi connectivity index (χ2v) is 11.2. The van der Waals surface area contributed by atoms with Crippen LogP contribution in [0, 0.1) is 0 Å². The van der Waals surface area contributed by atoms with E-state index in [2.05, 4.69) is 31.0 Å². The molecule has 1 aliphatic rings. The summed E-state index contributed by atoms with van der Waals surface area (Å²) in [4.78, 5) is 5.44. The van der Waals surface area contributed by atoms with Gasteiger partial charge in [0.25, 0.3) is 0 Å². The molecule has 0 bridgehead atoms. The van der Waals surface area contributed by atoms with E-state index >= 15 is 0 Å². The summed E-state index contributed by atoms with van der Waals surface area (Å²) in [7, 11) is -2.18. The van der Waals surface area contributed by atoms with Crippen molar-refractivity contribution < 1.29 is 18.3 Å². The predicted octanol–water partition coefficient (Wildman–Crippen LogP) is 4.51. The molecule has 2 aromatic carbocycles. The molecule has 1 aromatic heterocycles. The Kier molecular flexibility index (Phi) is 7.60. The maximum absolute atomic E-state index is 13.0.